The van der Waals surface area contributed by atoms with E-state index in [1.165, 1.54) is 5.56 Å². The number of amides is 2. The number of piperidine rings is 1. The quantitative estimate of drug-likeness (QED) is 0.628. The second-order valence-corrected chi connectivity index (χ2v) is 8.22. The van der Waals surface area contributed by atoms with Crippen LogP contribution in [-0.4, -0.2) is 55.0 Å². The van der Waals surface area contributed by atoms with Crippen molar-refractivity contribution in [2.24, 2.45) is 5.92 Å². The molecule has 29 heavy (non-hydrogen) atoms. The van der Waals surface area contributed by atoms with E-state index in [2.05, 4.69) is 39.9 Å². The summed E-state index contributed by atoms with van der Waals surface area (Å²) >= 11 is 0. The molecule has 3 rings (SSSR count). The van der Waals surface area contributed by atoms with Gasteiger partial charge in [0.25, 0.3) is 0 Å². The van der Waals surface area contributed by atoms with Crippen molar-refractivity contribution in [2.45, 2.75) is 58.2 Å². The minimum absolute atomic E-state index is 0. The smallest absolute Gasteiger partial charge is 0.237 e. The Bertz CT molecular complexity index is 679. The van der Waals surface area contributed by atoms with Gasteiger partial charge in [-0.15, -0.1) is 12.4 Å². The Kier molecular flexibility index (Phi) is 9.40. The first-order chi connectivity index (χ1) is 13.5. The highest BCUT2D eigenvalue weighted by atomic mass is 35.5. The van der Waals surface area contributed by atoms with E-state index in [0.717, 1.165) is 50.9 Å². The number of carbonyl (C=O) groups excluding carboxylic acids is 2. The van der Waals surface area contributed by atoms with E-state index in [0.29, 0.717) is 19.0 Å². The summed E-state index contributed by atoms with van der Waals surface area (Å²) in [5.41, 5.74) is 2.35. The van der Waals surface area contributed by atoms with Gasteiger partial charge in [0, 0.05) is 19.6 Å². The van der Waals surface area contributed by atoms with E-state index < -0.39 is 0 Å². The predicted octanol–water partition coefficient (Wildman–Crippen LogP) is 2.00. The SMILES string of the molecule is Cc1ccccc1CNC(=O)C(C)N1CCCC(CNC(=O)C2CCCN2)C1.Cl. The summed E-state index contributed by atoms with van der Waals surface area (Å²) in [6, 6.07) is 7.96. The molecule has 162 valence electrons. The van der Waals surface area contributed by atoms with Crippen molar-refractivity contribution in [3.63, 3.8) is 0 Å². The van der Waals surface area contributed by atoms with Gasteiger partial charge in [-0.2, -0.15) is 0 Å². The molecule has 2 heterocycles. The Labute approximate surface area is 180 Å². The lowest BCUT2D eigenvalue weighted by Gasteiger charge is -2.36. The van der Waals surface area contributed by atoms with Crippen LogP contribution in [0.2, 0.25) is 0 Å². The molecule has 2 aliphatic rings. The molecular formula is C22H35ClN4O2. The average Bonchev–Trinajstić information content (AvgIpc) is 3.26. The molecule has 1 aromatic rings. The van der Waals surface area contributed by atoms with Crippen LogP contribution >= 0.6 is 12.4 Å². The highest BCUT2D eigenvalue weighted by Gasteiger charge is 2.28. The van der Waals surface area contributed by atoms with Crippen molar-refractivity contribution in [2.75, 3.05) is 26.2 Å². The zero-order valence-corrected chi connectivity index (χ0v) is 18.4. The fourth-order valence-electron chi connectivity index (χ4n) is 4.20. The number of benzene rings is 1. The number of likely N-dealkylation sites (tertiary alicyclic amines) is 1. The molecule has 0 aromatic heterocycles. The highest BCUT2D eigenvalue weighted by molar-refractivity contribution is 5.85. The zero-order valence-electron chi connectivity index (χ0n) is 17.6. The van der Waals surface area contributed by atoms with Gasteiger partial charge in [-0.05, 0) is 69.7 Å². The van der Waals surface area contributed by atoms with Gasteiger partial charge in [0.1, 0.15) is 0 Å². The molecule has 3 N–H and O–H groups in total. The van der Waals surface area contributed by atoms with Crippen LogP contribution in [0.25, 0.3) is 0 Å². The van der Waals surface area contributed by atoms with Gasteiger partial charge in [0.15, 0.2) is 0 Å². The van der Waals surface area contributed by atoms with Crippen LogP contribution in [0.4, 0.5) is 0 Å². The number of nitrogens with zero attached hydrogens (tertiary/aromatic N) is 1. The zero-order chi connectivity index (χ0) is 19.9. The van der Waals surface area contributed by atoms with Gasteiger partial charge >= 0.3 is 0 Å². The Morgan fingerprint density at radius 1 is 1.21 bits per heavy atom. The molecule has 2 saturated heterocycles. The number of aryl methyl sites for hydroxylation is 1. The molecule has 0 saturated carbocycles. The van der Waals surface area contributed by atoms with Crippen LogP contribution < -0.4 is 16.0 Å². The van der Waals surface area contributed by atoms with Gasteiger partial charge in [-0.25, -0.2) is 0 Å². The van der Waals surface area contributed by atoms with Crippen molar-refractivity contribution < 1.29 is 9.59 Å². The first-order valence-electron chi connectivity index (χ1n) is 10.6. The second kappa shape index (κ2) is 11.5. The Morgan fingerprint density at radius 2 is 2.00 bits per heavy atom. The Hall–Kier alpha value is -1.63. The summed E-state index contributed by atoms with van der Waals surface area (Å²) < 4.78 is 0. The fourth-order valence-corrected chi connectivity index (χ4v) is 4.20. The summed E-state index contributed by atoms with van der Waals surface area (Å²) in [5, 5.41) is 9.43. The van der Waals surface area contributed by atoms with Crippen molar-refractivity contribution in [1.82, 2.24) is 20.9 Å². The molecule has 0 aliphatic carbocycles. The third kappa shape index (κ3) is 6.69. The van der Waals surface area contributed by atoms with Crippen molar-refractivity contribution in [3.05, 3.63) is 35.4 Å². The van der Waals surface area contributed by atoms with Crippen LogP contribution in [0.3, 0.4) is 0 Å². The molecule has 2 fully saturated rings. The lowest BCUT2D eigenvalue weighted by molar-refractivity contribution is -0.127. The van der Waals surface area contributed by atoms with Gasteiger partial charge in [0.2, 0.25) is 11.8 Å². The standard InChI is InChI=1S/C22H34N4O2.ClH/c1-16-7-3-4-9-19(16)14-25-21(27)17(2)26-12-6-8-18(15-26)13-24-22(28)20-10-5-11-23-20;/h3-4,7,9,17-18,20,23H,5-6,8,10-15H2,1-2H3,(H,24,28)(H,25,27);1H. The molecule has 2 aliphatic heterocycles. The van der Waals surface area contributed by atoms with E-state index in [-0.39, 0.29) is 36.3 Å². The number of hydrogen-bond acceptors (Lipinski definition) is 4. The van der Waals surface area contributed by atoms with Gasteiger partial charge in [-0.3, -0.25) is 14.5 Å². The summed E-state index contributed by atoms with van der Waals surface area (Å²) in [6.45, 7) is 8.05. The number of hydrogen-bond donors (Lipinski definition) is 3. The monoisotopic (exact) mass is 422 g/mol. The van der Waals surface area contributed by atoms with Gasteiger partial charge in [-0.1, -0.05) is 24.3 Å². The van der Waals surface area contributed by atoms with Crippen LogP contribution in [-0.2, 0) is 16.1 Å². The van der Waals surface area contributed by atoms with E-state index in [1.54, 1.807) is 0 Å². The summed E-state index contributed by atoms with van der Waals surface area (Å²) in [7, 11) is 0. The molecule has 2 amide bonds. The highest BCUT2D eigenvalue weighted by Crippen LogP contribution is 2.18. The number of carbonyl (C=O) groups is 2. The maximum absolute atomic E-state index is 12.6. The molecule has 0 radical (unpaired) electrons. The van der Waals surface area contributed by atoms with E-state index in [9.17, 15) is 9.59 Å². The lowest BCUT2D eigenvalue weighted by Crippen LogP contribution is -2.51. The van der Waals surface area contributed by atoms with E-state index in [1.807, 2.05) is 19.1 Å². The molecule has 3 atom stereocenters. The van der Waals surface area contributed by atoms with Crippen LogP contribution in [0.1, 0.15) is 43.7 Å². The molecule has 0 bridgehead atoms. The average molecular weight is 423 g/mol. The first kappa shape index (κ1) is 23.6. The largest absolute Gasteiger partial charge is 0.354 e. The third-order valence-corrected chi connectivity index (χ3v) is 6.13. The molecule has 7 heteroatoms. The Balaban J connectivity index is 0.00000300. The van der Waals surface area contributed by atoms with Gasteiger partial charge < -0.3 is 16.0 Å². The van der Waals surface area contributed by atoms with Crippen LogP contribution in [0.15, 0.2) is 24.3 Å². The summed E-state index contributed by atoms with van der Waals surface area (Å²) in [5.74, 6) is 0.604. The molecule has 0 spiro atoms. The third-order valence-electron chi connectivity index (χ3n) is 6.13. The lowest BCUT2D eigenvalue weighted by atomic mass is 9.96. The maximum Gasteiger partial charge on any atom is 0.237 e. The molecule has 3 unspecified atom stereocenters. The number of halogens is 1. The van der Waals surface area contributed by atoms with E-state index in [4.69, 9.17) is 0 Å². The number of nitrogens with one attached hydrogen (secondary N) is 3. The second-order valence-electron chi connectivity index (χ2n) is 8.22. The van der Waals surface area contributed by atoms with E-state index >= 15 is 0 Å². The fraction of sp³-hybridized carbons (Fsp3) is 0.636. The predicted molar refractivity (Wildman–Crippen MR) is 118 cm³/mol. The summed E-state index contributed by atoms with van der Waals surface area (Å²) in [4.78, 5) is 27.1. The minimum Gasteiger partial charge on any atom is -0.354 e. The maximum atomic E-state index is 12.6. The normalized spacial score (nSPS) is 23.1. The van der Waals surface area contributed by atoms with Gasteiger partial charge in [0.05, 0.1) is 12.1 Å². The van der Waals surface area contributed by atoms with Crippen molar-refractivity contribution >= 4 is 24.2 Å². The number of rotatable bonds is 7. The minimum atomic E-state index is -0.154. The molecule has 6 nitrogen and oxygen atoms in total. The molecular weight excluding hydrogens is 388 g/mol. The first-order valence-corrected chi connectivity index (χ1v) is 10.6. The van der Waals surface area contributed by atoms with Crippen molar-refractivity contribution in [3.8, 4) is 0 Å². The Morgan fingerprint density at radius 3 is 2.72 bits per heavy atom. The summed E-state index contributed by atoms with van der Waals surface area (Å²) in [6.07, 6.45) is 4.18. The van der Waals surface area contributed by atoms with Crippen molar-refractivity contribution in [1.29, 1.82) is 0 Å². The topological polar surface area (TPSA) is 73.5 Å². The molecule has 1 aromatic carbocycles. The van der Waals surface area contributed by atoms with Crippen LogP contribution in [0.5, 0.6) is 0 Å². The van der Waals surface area contributed by atoms with Crippen LogP contribution in [0, 0.1) is 12.8 Å².